The van der Waals surface area contributed by atoms with Gasteiger partial charge in [0.2, 0.25) is 17.7 Å². The van der Waals surface area contributed by atoms with Gasteiger partial charge in [-0.3, -0.25) is 39.7 Å². The van der Waals surface area contributed by atoms with Crippen LogP contribution in [-0.2, 0) is 24.0 Å². The van der Waals surface area contributed by atoms with Gasteiger partial charge in [-0.1, -0.05) is 12.8 Å². The van der Waals surface area contributed by atoms with Crippen LogP contribution in [0.5, 0.6) is 0 Å². The smallest absolute Gasteiger partial charge is 0.327 e. The minimum absolute atomic E-state index is 0.0233. The van der Waals surface area contributed by atoms with Crippen molar-refractivity contribution >= 4 is 29.5 Å². The second-order valence-electron chi connectivity index (χ2n) is 6.71. The topological polar surface area (TPSA) is 125 Å². The van der Waals surface area contributed by atoms with Crippen LogP contribution in [0.4, 0.5) is 0 Å². The van der Waals surface area contributed by atoms with E-state index in [9.17, 15) is 24.0 Å². The third-order valence-electron chi connectivity index (χ3n) is 4.44. The summed E-state index contributed by atoms with van der Waals surface area (Å²) < 4.78 is 0. The van der Waals surface area contributed by atoms with E-state index in [4.69, 9.17) is 0 Å². The summed E-state index contributed by atoms with van der Waals surface area (Å²) in [6.07, 6.45) is 3.19. The van der Waals surface area contributed by atoms with Crippen LogP contribution >= 0.6 is 0 Å². The first-order valence-electron chi connectivity index (χ1n) is 8.56. The summed E-state index contributed by atoms with van der Waals surface area (Å²) in [5.41, 5.74) is 4.10. The number of likely N-dealkylation sites (tertiary alicyclic amines) is 1. The second kappa shape index (κ2) is 8.09. The molecule has 9 nitrogen and oxygen atoms in total. The highest BCUT2D eigenvalue weighted by Gasteiger charge is 2.47. The molecule has 0 unspecified atom stereocenters. The van der Waals surface area contributed by atoms with Crippen molar-refractivity contribution in [3.05, 3.63) is 0 Å². The van der Waals surface area contributed by atoms with Crippen LogP contribution in [0.15, 0.2) is 0 Å². The molecule has 138 valence electrons. The highest BCUT2D eigenvalue weighted by molar-refractivity contribution is 6.35. The van der Waals surface area contributed by atoms with Crippen LogP contribution in [0.3, 0.4) is 0 Å². The van der Waals surface area contributed by atoms with Gasteiger partial charge in [0.1, 0.15) is 0 Å². The van der Waals surface area contributed by atoms with Gasteiger partial charge in [0.05, 0.1) is 11.8 Å². The van der Waals surface area contributed by atoms with Gasteiger partial charge in [-0.25, -0.2) is 0 Å². The first-order valence-corrected chi connectivity index (χ1v) is 8.56. The first kappa shape index (κ1) is 18.9. The van der Waals surface area contributed by atoms with Crippen molar-refractivity contribution in [2.24, 2.45) is 11.8 Å². The number of nitrogens with one attached hydrogen (secondary N) is 3. The lowest BCUT2D eigenvalue weighted by Gasteiger charge is -2.19. The largest absolute Gasteiger partial charge is 0.346 e. The molecule has 0 bridgehead atoms. The molecule has 0 radical (unpaired) electrons. The third kappa shape index (κ3) is 4.55. The molecule has 1 saturated heterocycles. The van der Waals surface area contributed by atoms with Crippen LogP contribution in [-0.4, -0.2) is 47.0 Å². The van der Waals surface area contributed by atoms with E-state index in [1.165, 1.54) is 0 Å². The lowest BCUT2D eigenvalue weighted by Crippen LogP contribution is -2.50. The van der Waals surface area contributed by atoms with Gasteiger partial charge >= 0.3 is 11.8 Å². The Morgan fingerprint density at radius 3 is 2.08 bits per heavy atom. The van der Waals surface area contributed by atoms with Crippen LogP contribution in [0.25, 0.3) is 0 Å². The van der Waals surface area contributed by atoms with Gasteiger partial charge in [0, 0.05) is 19.0 Å². The van der Waals surface area contributed by atoms with Gasteiger partial charge < -0.3 is 5.32 Å². The van der Waals surface area contributed by atoms with E-state index in [1.54, 1.807) is 13.8 Å². The zero-order valence-electron chi connectivity index (χ0n) is 14.5. The monoisotopic (exact) mass is 352 g/mol. The molecule has 2 atom stereocenters. The molecule has 1 aliphatic carbocycles. The van der Waals surface area contributed by atoms with E-state index in [-0.39, 0.29) is 42.7 Å². The van der Waals surface area contributed by atoms with Crippen molar-refractivity contribution in [2.75, 3.05) is 6.54 Å². The number of nitrogens with zero attached hydrogens (tertiary/aromatic N) is 1. The average molecular weight is 352 g/mol. The lowest BCUT2D eigenvalue weighted by atomic mass is 9.81. The number of hydrogen-bond donors (Lipinski definition) is 3. The summed E-state index contributed by atoms with van der Waals surface area (Å²) in [4.78, 5) is 60.3. The molecular formula is C16H24N4O5. The summed E-state index contributed by atoms with van der Waals surface area (Å²) in [5, 5.41) is 2.38. The number of hydrogen-bond acceptors (Lipinski definition) is 5. The Kier molecular flexibility index (Phi) is 6.11. The van der Waals surface area contributed by atoms with Crippen LogP contribution in [0, 0.1) is 11.8 Å². The number of imide groups is 1. The molecule has 2 aliphatic rings. The van der Waals surface area contributed by atoms with E-state index >= 15 is 0 Å². The third-order valence-corrected chi connectivity index (χ3v) is 4.44. The van der Waals surface area contributed by atoms with E-state index in [0.717, 1.165) is 30.6 Å². The SMILES string of the molecule is CC(C)NC(=O)C(=O)NNC(=O)CCN1C(=O)[C@H]2CCCC[C@@H]2C1=O. The standard InChI is InChI=1S/C16H24N4O5/c1-9(2)17-13(22)14(23)19-18-12(21)7-8-20-15(24)10-5-3-4-6-11(10)16(20)25/h9-11H,3-8H2,1-2H3,(H,17,22)(H,18,21)(H,19,23)/t10-,11-/m0/s1. The molecule has 25 heavy (non-hydrogen) atoms. The number of carbonyl (C=O) groups excluding carboxylic acids is 5. The molecule has 5 amide bonds. The van der Waals surface area contributed by atoms with Gasteiger partial charge in [-0.05, 0) is 26.7 Å². The number of amides is 5. The second-order valence-corrected chi connectivity index (χ2v) is 6.71. The molecule has 1 aliphatic heterocycles. The summed E-state index contributed by atoms with van der Waals surface area (Å²) in [5.74, 6) is -3.33. The maximum absolute atomic E-state index is 12.3. The average Bonchev–Trinajstić information content (AvgIpc) is 2.81. The van der Waals surface area contributed by atoms with Crippen molar-refractivity contribution in [1.29, 1.82) is 0 Å². The Labute approximate surface area is 145 Å². The molecule has 0 aromatic carbocycles. The van der Waals surface area contributed by atoms with Crippen molar-refractivity contribution < 1.29 is 24.0 Å². The molecule has 3 N–H and O–H groups in total. The first-order chi connectivity index (χ1) is 11.8. The van der Waals surface area contributed by atoms with Crippen LogP contribution in [0.2, 0.25) is 0 Å². The Bertz CT molecular complexity index is 565. The molecule has 1 saturated carbocycles. The molecule has 2 rings (SSSR count). The van der Waals surface area contributed by atoms with E-state index in [2.05, 4.69) is 10.7 Å². The molecule has 0 aromatic rings. The molecule has 1 heterocycles. The summed E-state index contributed by atoms with van der Waals surface area (Å²) in [6, 6.07) is -0.204. The van der Waals surface area contributed by atoms with Crippen molar-refractivity contribution in [3.8, 4) is 0 Å². The molecule has 2 fully saturated rings. The molecule has 9 heteroatoms. The Hall–Kier alpha value is -2.45. The van der Waals surface area contributed by atoms with Crippen molar-refractivity contribution in [1.82, 2.24) is 21.1 Å². The van der Waals surface area contributed by atoms with Gasteiger partial charge in [-0.2, -0.15) is 0 Å². The minimum atomic E-state index is -0.985. The predicted molar refractivity (Wildman–Crippen MR) is 86.3 cm³/mol. The normalized spacial score (nSPS) is 22.6. The molecule has 0 aromatic heterocycles. The van der Waals surface area contributed by atoms with Crippen LogP contribution in [0.1, 0.15) is 46.0 Å². The van der Waals surface area contributed by atoms with E-state index < -0.39 is 17.7 Å². The number of fused-ring (bicyclic) bond motifs is 1. The summed E-state index contributed by atoms with van der Waals surface area (Å²) in [7, 11) is 0. The molecular weight excluding hydrogens is 328 g/mol. The Morgan fingerprint density at radius 1 is 1.00 bits per heavy atom. The van der Waals surface area contributed by atoms with Gasteiger partial charge in [0.25, 0.3) is 0 Å². The fourth-order valence-electron chi connectivity index (χ4n) is 3.24. The summed E-state index contributed by atoms with van der Waals surface area (Å²) >= 11 is 0. The number of carbonyl (C=O) groups is 5. The maximum Gasteiger partial charge on any atom is 0.327 e. The predicted octanol–water partition coefficient (Wildman–Crippen LogP) is -0.776. The van der Waals surface area contributed by atoms with E-state index in [0.29, 0.717) is 0 Å². The van der Waals surface area contributed by atoms with Gasteiger partial charge in [0.15, 0.2) is 0 Å². The quantitative estimate of drug-likeness (QED) is 0.348. The van der Waals surface area contributed by atoms with Crippen molar-refractivity contribution in [2.45, 2.75) is 52.0 Å². The lowest BCUT2D eigenvalue weighted by molar-refractivity contribution is -0.141. The highest BCUT2D eigenvalue weighted by Crippen LogP contribution is 2.37. The fraction of sp³-hybridized carbons (Fsp3) is 0.688. The fourth-order valence-corrected chi connectivity index (χ4v) is 3.24. The summed E-state index contributed by atoms with van der Waals surface area (Å²) in [6.45, 7) is 3.38. The zero-order chi connectivity index (χ0) is 18.6. The number of hydrazine groups is 1. The van der Waals surface area contributed by atoms with E-state index in [1.807, 2.05) is 5.43 Å². The van der Waals surface area contributed by atoms with Gasteiger partial charge in [-0.15, -0.1) is 0 Å². The Morgan fingerprint density at radius 2 is 1.56 bits per heavy atom. The van der Waals surface area contributed by atoms with Crippen molar-refractivity contribution in [3.63, 3.8) is 0 Å². The molecule has 0 spiro atoms. The zero-order valence-corrected chi connectivity index (χ0v) is 14.5. The minimum Gasteiger partial charge on any atom is -0.346 e. The Balaban J connectivity index is 1.76. The number of rotatable bonds is 4. The maximum atomic E-state index is 12.3. The van der Waals surface area contributed by atoms with Crippen LogP contribution < -0.4 is 16.2 Å². The highest BCUT2D eigenvalue weighted by atomic mass is 16.2.